The third kappa shape index (κ3) is 5.06. The zero-order valence-corrected chi connectivity index (χ0v) is 17.1. The van der Waals surface area contributed by atoms with E-state index in [0.717, 1.165) is 16.3 Å². The van der Waals surface area contributed by atoms with E-state index < -0.39 is 6.04 Å². The molecule has 5 nitrogen and oxygen atoms in total. The highest BCUT2D eigenvalue weighted by Gasteiger charge is 2.26. The zero-order valence-electron chi connectivity index (χ0n) is 16.4. The Labute approximate surface area is 175 Å². The molecule has 1 atom stereocenters. The molecule has 0 aliphatic heterocycles. The SMILES string of the molecule is CNC(=O)[C@H](C)N(Cc1cccc(Cl)c1)C(=O)COc1cccc2ccccc12. The highest BCUT2D eigenvalue weighted by atomic mass is 35.5. The molecule has 150 valence electrons. The average molecular weight is 411 g/mol. The van der Waals surface area contributed by atoms with E-state index >= 15 is 0 Å². The Morgan fingerprint density at radius 3 is 2.55 bits per heavy atom. The highest BCUT2D eigenvalue weighted by molar-refractivity contribution is 6.30. The smallest absolute Gasteiger partial charge is 0.261 e. The van der Waals surface area contributed by atoms with Gasteiger partial charge in [0.2, 0.25) is 5.91 Å². The number of ether oxygens (including phenoxy) is 1. The second-order valence-corrected chi connectivity index (χ2v) is 7.14. The fraction of sp³-hybridized carbons (Fsp3) is 0.217. The number of nitrogens with zero attached hydrogens (tertiary/aromatic N) is 1. The van der Waals surface area contributed by atoms with Crippen LogP contribution < -0.4 is 10.1 Å². The summed E-state index contributed by atoms with van der Waals surface area (Å²) in [5.41, 5.74) is 0.840. The largest absolute Gasteiger partial charge is 0.483 e. The monoisotopic (exact) mass is 410 g/mol. The predicted molar refractivity (Wildman–Crippen MR) is 115 cm³/mol. The fourth-order valence-electron chi connectivity index (χ4n) is 3.17. The summed E-state index contributed by atoms with van der Waals surface area (Å²) < 4.78 is 5.84. The first-order valence-corrected chi connectivity index (χ1v) is 9.73. The molecule has 0 radical (unpaired) electrons. The second kappa shape index (κ2) is 9.43. The summed E-state index contributed by atoms with van der Waals surface area (Å²) in [4.78, 5) is 26.7. The number of amides is 2. The van der Waals surface area contributed by atoms with Crippen LogP contribution in [-0.2, 0) is 16.1 Å². The Kier molecular flexibility index (Phi) is 6.73. The molecule has 0 aromatic heterocycles. The van der Waals surface area contributed by atoms with Crippen molar-refractivity contribution in [2.24, 2.45) is 0 Å². The molecule has 3 aromatic carbocycles. The first-order chi connectivity index (χ1) is 14.0. The van der Waals surface area contributed by atoms with Crippen LogP contribution in [0.1, 0.15) is 12.5 Å². The average Bonchev–Trinajstić information content (AvgIpc) is 2.74. The lowest BCUT2D eigenvalue weighted by Crippen LogP contribution is -2.48. The number of likely N-dealkylation sites (N-methyl/N-ethyl adjacent to an activating group) is 1. The summed E-state index contributed by atoms with van der Waals surface area (Å²) in [7, 11) is 1.55. The third-order valence-corrected chi connectivity index (χ3v) is 4.99. The summed E-state index contributed by atoms with van der Waals surface area (Å²) in [6.07, 6.45) is 0. The molecular weight excluding hydrogens is 388 g/mol. The molecule has 0 aliphatic rings. The molecule has 0 fully saturated rings. The van der Waals surface area contributed by atoms with E-state index in [1.54, 1.807) is 26.1 Å². The molecular formula is C23H23ClN2O3. The number of benzene rings is 3. The maximum atomic E-state index is 13.0. The molecule has 0 spiro atoms. The van der Waals surface area contributed by atoms with Crippen LogP contribution in [0, 0.1) is 0 Å². The molecule has 3 rings (SSSR count). The van der Waals surface area contributed by atoms with E-state index in [1.165, 1.54) is 4.90 Å². The van der Waals surface area contributed by atoms with E-state index in [9.17, 15) is 9.59 Å². The van der Waals surface area contributed by atoms with Gasteiger partial charge in [-0.25, -0.2) is 0 Å². The van der Waals surface area contributed by atoms with Crippen molar-refractivity contribution in [3.05, 3.63) is 77.3 Å². The lowest BCUT2D eigenvalue weighted by Gasteiger charge is -2.28. The predicted octanol–water partition coefficient (Wildman–Crippen LogP) is 4.04. The topological polar surface area (TPSA) is 58.6 Å². The van der Waals surface area contributed by atoms with Crippen LogP contribution >= 0.6 is 11.6 Å². The maximum Gasteiger partial charge on any atom is 0.261 e. The molecule has 2 amide bonds. The van der Waals surface area contributed by atoms with Gasteiger partial charge in [0.15, 0.2) is 6.61 Å². The first kappa shape index (κ1) is 20.7. The molecule has 6 heteroatoms. The van der Waals surface area contributed by atoms with E-state index in [-0.39, 0.29) is 25.0 Å². The Morgan fingerprint density at radius 1 is 1.07 bits per heavy atom. The first-order valence-electron chi connectivity index (χ1n) is 9.35. The van der Waals surface area contributed by atoms with Crippen molar-refractivity contribution >= 4 is 34.2 Å². The van der Waals surface area contributed by atoms with Crippen LogP contribution in [0.2, 0.25) is 5.02 Å². The highest BCUT2D eigenvalue weighted by Crippen LogP contribution is 2.25. The number of halogens is 1. The van der Waals surface area contributed by atoms with Crippen molar-refractivity contribution in [3.8, 4) is 5.75 Å². The van der Waals surface area contributed by atoms with Gasteiger partial charge in [-0.2, -0.15) is 0 Å². The van der Waals surface area contributed by atoms with Gasteiger partial charge in [-0.15, -0.1) is 0 Å². The summed E-state index contributed by atoms with van der Waals surface area (Å²) in [6.45, 7) is 1.78. The van der Waals surface area contributed by atoms with E-state index in [0.29, 0.717) is 10.8 Å². The quantitative estimate of drug-likeness (QED) is 0.639. The van der Waals surface area contributed by atoms with Gasteiger partial charge >= 0.3 is 0 Å². The number of carbonyl (C=O) groups excluding carboxylic acids is 2. The second-order valence-electron chi connectivity index (χ2n) is 6.71. The Bertz CT molecular complexity index is 1020. The number of hydrogen-bond donors (Lipinski definition) is 1. The molecule has 0 heterocycles. The van der Waals surface area contributed by atoms with E-state index in [4.69, 9.17) is 16.3 Å². The molecule has 0 aliphatic carbocycles. The van der Waals surface area contributed by atoms with Gasteiger partial charge in [-0.05, 0) is 36.1 Å². The van der Waals surface area contributed by atoms with Crippen LogP contribution in [0.25, 0.3) is 10.8 Å². The minimum absolute atomic E-state index is 0.171. The van der Waals surface area contributed by atoms with Crippen LogP contribution in [0.15, 0.2) is 66.7 Å². The third-order valence-electron chi connectivity index (χ3n) is 4.76. The summed E-state index contributed by atoms with van der Waals surface area (Å²) in [5.74, 6) is 0.103. The normalized spacial score (nSPS) is 11.7. The minimum Gasteiger partial charge on any atom is -0.483 e. The summed E-state index contributed by atoms with van der Waals surface area (Å²) in [5, 5.41) is 5.14. The van der Waals surface area contributed by atoms with E-state index in [2.05, 4.69) is 5.32 Å². The van der Waals surface area contributed by atoms with Crippen molar-refractivity contribution in [1.82, 2.24) is 10.2 Å². The van der Waals surface area contributed by atoms with Crippen molar-refractivity contribution in [2.45, 2.75) is 19.5 Å². The van der Waals surface area contributed by atoms with Gasteiger partial charge in [0.25, 0.3) is 5.91 Å². The molecule has 0 saturated heterocycles. The zero-order chi connectivity index (χ0) is 20.8. The van der Waals surface area contributed by atoms with Gasteiger partial charge in [-0.1, -0.05) is 60.1 Å². The van der Waals surface area contributed by atoms with Crippen LogP contribution in [0.5, 0.6) is 5.75 Å². The number of nitrogens with one attached hydrogen (secondary N) is 1. The number of carbonyl (C=O) groups is 2. The Morgan fingerprint density at radius 2 is 1.79 bits per heavy atom. The minimum atomic E-state index is -0.650. The van der Waals surface area contributed by atoms with Crippen LogP contribution in [0.4, 0.5) is 0 Å². The van der Waals surface area contributed by atoms with Gasteiger partial charge < -0.3 is 15.0 Å². The Hall–Kier alpha value is -3.05. The Balaban J connectivity index is 1.79. The van der Waals surface area contributed by atoms with Crippen molar-refractivity contribution < 1.29 is 14.3 Å². The van der Waals surface area contributed by atoms with Crippen LogP contribution in [-0.4, -0.2) is 36.4 Å². The molecule has 29 heavy (non-hydrogen) atoms. The van der Waals surface area contributed by atoms with Gasteiger partial charge in [-0.3, -0.25) is 9.59 Å². The van der Waals surface area contributed by atoms with Gasteiger partial charge in [0.05, 0.1) is 0 Å². The van der Waals surface area contributed by atoms with Gasteiger partial charge in [0.1, 0.15) is 11.8 Å². The number of hydrogen-bond acceptors (Lipinski definition) is 3. The summed E-state index contributed by atoms with van der Waals surface area (Å²) >= 11 is 6.07. The lowest BCUT2D eigenvalue weighted by molar-refractivity contribution is -0.142. The van der Waals surface area contributed by atoms with Crippen molar-refractivity contribution in [3.63, 3.8) is 0 Å². The molecule has 3 aromatic rings. The van der Waals surface area contributed by atoms with Crippen molar-refractivity contribution in [1.29, 1.82) is 0 Å². The molecule has 0 unspecified atom stereocenters. The standard InChI is InChI=1S/C23H23ClN2O3/c1-16(23(28)25-2)26(14-17-7-5-10-19(24)13-17)22(27)15-29-21-12-6-9-18-8-3-4-11-20(18)21/h3-13,16H,14-15H2,1-2H3,(H,25,28)/t16-/m0/s1. The molecule has 1 N–H and O–H groups in total. The lowest BCUT2D eigenvalue weighted by atomic mass is 10.1. The number of fused-ring (bicyclic) bond motifs is 1. The maximum absolute atomic E-state index is 13.0. The number of rotatable bonds is 7. The molecule has 0 bridgehead atoms. The summed E-state index contributed by atoms with van der Waals surface area (Å²) in [6, 6.07) is 20.1. The fourth-order valence-corrected chi connectivity index (χ4v) is 3.38. The van der Waals surface area contributed by atoms with Gasteiger partial charge in [0, 0.05) is 24.0 Å². The van der Waals surface area contributed by atoms with Crippen LogP contribution in [0.3, 0.4) is 0 Å². The molecule has 0 saturated carbocycles. The van der Waals surface area contributed by atoms with Crippen molar-refractivity contribution in [2.75, 3.05) is 13.7 Å². The van der Waals surface area contributed by atoms with E-state index in [1.807, 2.05) is 54.6 Å².